The van der Waals surface area contributed by atoms with Crippen molar-refractivity contribution in [2.45, 2.75) is 13.8 Å². The van der Waals surface area contributed by atoms with Crippen LogP contribution in [0, 0.1) is 13.8 Å². The largest absolute Gasteiger partial charge is 0.493 e. The van der Waals surface area contributed by atoms with Gasteiger partial charge in [-0.05, 0) is 61.4 Å². The third-order valence-corrected chi connectivity index (χ3v) is 5.90. The highest BCUT2D eigenvalue weighted by molar-refractivity contribution is 6.13. The maximum Gasteiger partial charge on any atom is 0.336 e. The van der Waals surface area contributed by atoms with E-state index in [0.717, 1.165) is 16.5 Å². The van der Waals surface area contributed by atoms with Crippen LogP contribution in [-0.2, 0) is 0 Å². The van der Waals surface area contributed by atoms with Gasteiger partial charge >= 0.3 is 5.63 Å². The van der Waals surface area contributed by atoms with Crippen molar-refractivity contribution in [2.75, 3.05) is 19.5 Å². The summed E-state index contributed by atoms with van der Waals surface area (Å²) in [6.07, 6.45) is 0. The lowest BCUT2D eigenvalue weighted by Gasteiger charge is -2.11. The van der Waals surface area contributed by atoms with Gasteiger partial charge in [0.1, 0.15) is 11.2 Å². The maximum absolute atomic E-state index is 13.3. The summed E-state index contributed by atoms with van der Waals surface area (Å²) in [5.41, 5.74) is 3.79. The molecule has 2 aromatic heterocycles. The Bertz CT molecular complexity index is 1660. The fourth-order valence-corrected chi connectivity index (χ4v) is 4.33. The van der Waals surface area contributed by atoms with Gasteiger partial charge in [0.2, 0.25) is 0 Å². The molecule has 0 saturated carbocycles. The molecule has 2 heterocycles. The molecule has 3 aromatic carbocycles. The van der Waals surface area contributed by atoms with Gasteiger partial charge in [-0.3, -0.25) is 4.79 Å². The molecule has 7 nitrogen and oxygen atoms in total. The van der Waals surface area contributed by atoms with Crippen molar-refractivity contribution >= 4 is 33.5 Å². The number of para-hydroxylation sites is 1. The number of hydrogen-bond donors (Lipinski definition) is 1. The van der Waals surface area contributed by atoms with Crippen molar-refractivity contribution in [2.24, 2.45) is 0 Å². The van der Waals surface area contributed by atoms with E-state index in [0.29, 0.717) is 50.6 Å². The van der Waals surface area contributed by atoms with E-state index in [1.807, 2.05) is 50.2 Å². The topological polar surface area (TPSA) is 90.9 Å². The summed E-state index contributed by atoms with van der Waals surface area (Å²) >= 11 is 0. The predicted octanol–water partition coefficient (Wildman–Crippen LogP) is 6.09. The first-order chi connectivity index (χ1) is 16.9. The Balaban J connectivity index is 1.70. The molecule has 1 amide bonds. The number of carbonyl (C=O) groups is 1. The average Bonchev–Trinajstić information content (AvgIpc) is 3.21. The van der Waals surface area contributed by atoms with Crippen LogP contribution in [0.1, 0.15) is 21.5 Å². The average molecular weight is 469 g/mol. The molecule has 0 saturated heterocycles. The molecule has 0 aliphatic rings. The molecular weight excluding hydrogens is 446 g/mol. The maximum atomic E-state index is 13.3. The summed E-state index contributed by atoms with van der Waals surface area (Å²) in [4.78, 5) is 25.8. The molecule has 35 heavy (non-hydrogen) atoms. The highest BCUT2D eigenvalue weighted by Crippen LogP contribution is 2.41. The van der Waals surface area contributed by atoms with E-state index in [9.17, 15) is 9.59 Å². The molecule has 0 fully saturated rings. The molecule has 7 heteroatoms. The van der Waals surface area contributed by atoms with Crippen LogP contribution < -0.4 is 20.4 Å². The molecule has 1 N–H and O–H groups in total. The Morgan fingerprint density at radius 2 is 1.63 bits per heavy atom. The van der Waals surface area contributed by atoms with Crippen LogP contribution in [-0.4, -0.2) is 20.1 Å². The summed E-state index contributed by atoms with van der Waals surface area (Å²) in [7, 11) is 3.04. The fraction of sp³-hybridized carbons (Fsp3) is 0.143. The predicted molar refractivity (Wildman–Crippen MR) is 135 cm³/mol. The number of hydrogen-bond acceptors (Lipinski definition) is 6. The second kappa shape index (κ2) is 8.68. The van der Waals surface area contributed by atoms with Gasteiger partial charge in [-0.1, -0.05) is 18.2 Å². The van der Waals surface area contributed by atoms with Crippen molar-refractivity contribution in [1.29, 1.82) is 0 Å². The second-order valence-electron chi connectivity index (χ2n) is 8.26. The minimum atomic E-state index is -0.503. The number of carbonyl (C=O) groups excluding carboxylic acids is 1. The molecule has 0 aliphatic carbocycles. The zero-order valence-electron chi connectivity index (χ0n) is 19.7. The van der Waals surface area contributed by atoms with Gasteiger partial charge in [-0.2, -0.15) is 0 Å². The molecular formula is C28H23NO6. The van der Waals surface area contributed by atoms with Crippen molar-refractivity contribution in [3.8, 4) is 22.8 Å². The van der Waals surface area contributed by atoms with Crippen LogP contribution in [0.4, 0.5) is 5.69 Å². The number of rotatable bonds is 5. The van der Waals surface area contributed by atoms with Crippen LogP contribution in [0.3, 0.4) is 0 Å². The Labute approximate surface area is 200 Å². The monoisotopic (exact) mass is 469 g/mol. The van der Waals surface area contributed by atoms with Gasteiger partial charge in [0, 0.05) is 28.0 Å². The quantitative estimate of drug-likeness (QED) is 0.313. The zero-order valence-corrected chi connectivity index (χ0v) is 19.7. The summed E-state index contributed by atoms with van der Waals surface area (Å²) < 4.78 is 22.3. The SMILES string of the molecule is COc1ccc(C(=O)Nc2c(-c3cc(=O)oc4c(C)cc(C)cc34)oc3ccccc23)cc1OC. The van der Waals surface area contributed by atoms with E-state index in [1.54, 1.807) is 18.2 Å². The summed E-state index contributed by atoms with van der Waals surface area (Å²) in [5.74, 6) is 0.975. The molecule has 5 rings (SSSR count). The molecule has 0 spiro atoms. The van der Waals surface area contributed by atoms with E-state index in [1.165, 1.54) is 20.3 Å². The lowest BCUT2D eigenvalue weighted by Crippen LogP contribution is -2.12. The number of ether oxygens (including phenoxy) is 2. The Morgan fingerprint density at radius 3 is 2.40 bits per heavy atom. The fourth-order valence-electron chi connectivity index (χ4n) is 4.33. The number of methoxy groups -OCH3 is 2. The number of nitrogens with one attached hydrogen (secondary N) is 1. The smallest absolute Gasteiger partial charge is 0.336 e. The van der Waals surface area contributed by atoms with E-state index in [2.05, 4.69) is 5.32 Å². The zero-order chi connectivity index (χ0) is 24.7. The molecule has 0 aliphatic heterocycles. The molecule has 176 valence electrons. The Hall–Kier alpha value is -4.52. The van der Waals surface area contributed by atoms with Gasteiger partial charge in [0.05, 0.1) is 19.9 Å². The highest BCUT2D eigenvalue weighted by atomic mass is 16.5. The number of anilines is 1. The van der Waals surface area contributed by atoms with E-state index >= 15 is 0 Å². The molecule has 5 aromatic rings. The van der Waals surface area contributed by atoms with Crippen LogP contribution in [0.15, 0.2) is 74.3 Å². The van der Waals surface area contributed by atoms with Crippen LogP contribution in [0.2, 0.25) is 0 Å². The number of benzene rings is 3. The van der Waals surface area contributed by atoms with Crippen molar-refractivity contribution in [3.05, 3.63) is 87.8 Å². The van der Waals surface area contributed by atoms with Gasteiger partial charge in [-0.25, -0.2) is 4.79 Å². The first-order valence-electron chi connectivity index (χ1n) is 11.0. The standard InChI is InChI=1S/C28H23NO6/c1-15-11-16(2)26-19(12-15)20(14-24(30)35-26)27-25(18-7-5-6-8-21(18)34-27)29-28(31)17-9-10-22(32-3)23(13-17)33-4/h5-14H,1-4H3,(H,29,31). The lowest BCUT2D eigenvalue weighted by atomic mass is 10.0. The van der Waals surface area contributed by atoms with Gasteiger partial charge in [-0.15, -0.1) is 0 Å². The summed E-state index contributed by atoms with van der Waals surface area (Å²) in [6, 6.07) is 17.6. The van der Waals surface area contributed by atoms with Crippen molar-refractivity contribution in [3.63, 3.8) is 0 Å². The van der Waals surface area contributed by atoms with Crippen molar-refractivity contribution < 1.29 is 23.1 Å². The number of fused-ring (bicyclic) bond motifs is 2. The van der Waals surface area contributed by atoms with Gasteiger partial charge in [0.25, 0.3) is 5.91 Å². The summed E-state index contributed by atoms with van der Waals surface area (Å²) in [5, 5.41) is 4.42. The van der Waals surface area contributed by atoms with Crippen LogP contribution >= 0.6 is 0 Å². The second-order valence-corrected chi connectivity index (χ2v) is 8.26. The minimum Gasteiger partial charge on any atom is -0.493 e. The number of aryl methyl sites for hydroxylation is 2. The van der Waals surface area contributed by atoms with Crippen LogP contribution in [0.5, 0.6) is 11.5 Å². The first kappa shape index (κ1) is 22.3. The first-order valence-corrected chi connectivity index (χ1v) is 11.0. The normalized spacial score (nSPS) is 11.1. The third kappa shape index (κ3) is 3.91. The van der Waals surface area contributed by atoms with E-state index in [-0.39, 0.29) is 5.91 Å². The Kier molecular flexibility index (Phi) is 5.53. The lowest BCUT2D eigenvalue weighted by molar-refractivity contribution is 0.102. The highest BCUT2D eigenvalue weighted by Gasteiger charge is 2.22. The molecule has 0 radical (unpaired) electrons. The van der Waals surface area contributed by atoms with Gasteiger partial charge < -0.3 is 23.6 Å². The van der Waals surface area contributed by atoms with Gasteiger partial charge in [0.15, 0.2) is 17.3 Å². The van der Waals surface area contributed by atoms with E-state index < -0.39 is 5.63 Å². The summed E-state index contributed by atoms with van der Waals surface area (Å²) in [6.45, 7) is 3.86. The minimum absolute atomic E-state index is 0.363. The molecule has 0 unspecified atom stereocenters. The number of amides is 1. The van der Waals surface area contributed by atoms with E-state index in [4.69, 9.17) is 18.3 Å². The molecule has 0 bridgehead atoms. The Morgan fingerprint density at radius 1 is 0.857 bits per heavy atom. The third-order valence-electron chi connectivity index (χ3n) is 5.90. The molecule has 0 atom stereocenters. The number of furan rings is 1. The van der Waals surface area contributed by atoms with Crippen LogP contribution in [0.25, 0.3) is 33.3 Å². The van der Waals surface area contributed by atoms with Crippen molar-refractivity contribution in [1.82, 2.24) is 0 Å².